The van der Waals surface area contributed by atoms with E-state index < -0.39 is 0 Å². The first-order valence-corrected chi connectivity index (χ1v) is 10.5. The summed E-state index contributed by atoms with van der Waals surface area (Å²) >= 11 is 0. The third-order valence-electron chi connectivity index (χ3n) is 6.03. The van der Waals surface area contributed by atoms with E-state index in [1.165, 1.54) is 18.4 Å². The van der Waals surface area contributed by atoms with Crippen molar-refractivity contribution in [3.8, 4) is 0 Å². The molecule has 0 N–H and O–H groups in total. The number of aryl methyl sites for hydroxylation is 1. The molecule has 6 nitrogen and oxygen atoms in total. The minimum Gasteiger partial charge on any atom is -0.341 e. The third-order valence-corrected chi connectivity index (χ3v) is 6.03. The lowest BCUT2D eigenvalue weighted by atomic mass is 10.1. The second-order valence-electron chi connectivity index (χ2n) is 7.91. The number of carbonyl (C=O) groups excluding carboxylic acids is 1. The zero-order chi connectivity index (χ0) is 19.8. The molecule has 3 aromatic rings. The van der Waals surface area contributed by atoms with Crippen molar-refractivity contribution in [2.45, 2.75) is 32.6 Å². The summed E-state index contributed by atoms with van der Waals surface area (Å²) in [4.78, 5) is 31.6. The van der Waals surface area contributed by atoms with Gasteiger partial charge in [0.05, 0.1) is 11.2 Å². The summed E-state index contributed by atoms with van der Waals surface area (Å²) < 4.78 is 0. The van der Waals surface area contributed by atoms with Gasteiger partial charge in [-0.05, 0) is 43.9 Å². The predicted octanol–water partition coefficient (Wildman–Crippen LogP) is 3.17. The van der Waals surface area contributed by atoms with Gasteiger partial charge in [0.2, 0.25) is 5.95 Å². The molecule has 0 atom stereocenters. The number of pyridine rings is 1. The maximum atomic E-state index is 13.1. The first-order chi connectivity index (χ1) is 14.2. The number of anilines is 1. The van der Waals surface area contributed by atoms with E-state index in [1.807, 2.05) is 41.3 Å². The largest absolute Gasteiger partial charge is 0.341 e. The molecule has 0 unspecified atom stereocenters. The molecule has 0 radical (unpaired) electrons. The molecule has 6 heteroatoms. The van der Waals surface area contributed by atoms with E-state index in [2.05, 4.69) is 16.8 Å². The molecule has 4 heterocycles. The Labute approximate surface area is 170 Å². The van der Waals surface area contributed by atoms with Gasteiger partial charge in [-0.15, -0.1) is 0 Å². The quantitative estimate of drug-likeness (QED) is 0.676. The van der Waals surface area contributed by atoms with E-state index >= 15 is 0 Å². The number of fused-ring (bicyclic) bond motifs is 2. The summed E-state index contributed by atoms with van der Waals surface area (Å²) in [5.41, 5.74) is 4.72. The highest BCUT2D eigenvalue weighted by molar-refractivity contribution is 5.95. The highest BCUT2D eigenvalue weighted by atomic mass is 16.2. The van der Waals surface area contributed by atoms with Crippen molar-refractivity contribution in [1.82, 2.24) is 19.9 Å². The number of hydrogen-bond donors (Lipinski definition) is 0. The zero-order valence-corrected chi connectivity index (χ0v) is 16.8. The van der Waals surface area contributed by atoms with E-state index in [-0.39, 0.29) is 5.91 Å². The van der Waals surface area contributed by atoms with Crippen molar-refractivity contribution in [3.63, 3.8) is 0 Å². The summed E-state index contributed by atoms with van der Waals surface area (Å²) in [6.45, 7) is 5.49. The van der Waals surface area contributed by atoms with E-state index in [0.717, 1.165) is 54.2 Å². The topological polar surface area (TPSA) is 62.2 Å². The molecule has 0 bridgehead atoms. The Morgan fingerprint density at radius 1 is 0.897 bits per heavy atom. The first-order valence-electron chi connectivity index (χ1n) is 10.5. The van der Waals surface area contributed by atoms with Crippen molar-refractivity contribution in [1.29, 1.82) is 0 Å². The van der Waals surface area contributed by atoms with Gasteiger partial charge in [-0.2, -0.15) is 0 Å². The van der Waals surface area contributed by atoms with E-state index in [0.29, 0.717) is 18.8 Å². The first kappa shape index (κ1) is 18.0. The molecule has 5 rings (SSSR count). The van der Waals surface area contributed by atoms with Crippen LogP contribution in [0.15, 0.2) is 36.4 Å². The van der Waals surface area contributed by atoms with Gasteiger partial charge in [0.1, 0.15) is 5.69 Å². The Balaban J connectivity index is 1.38. The summed E-state index contributed by atoms with van der Waals surface area (Å²) in [7, 11) is 0. The number of nitrogens with zero attached hydrogens (tertiary/aromatic N) is 5. The van der Waals surface area contributed by atoms with Crippen LogP contribution in [0.4, 0.5) is 5.95 Å². The van der Waals surface area contributed by atoms with E-state index in [9.17, 15) is 4.79 Å². The number of benzene rings is 1. The summed E-state index contributed by atoms with van der Waals surface area (Å²) in [6, 6.07) is 11.7. The molecule has 148 valence electrons. The van der Waals surface area contributed by atoms with Crippen molar-refractivity contribution in [3.05, 3.63) is 59.0 Å². The van der Waals surface area contributed by atoms with Gasteiger partial charge in [0, 0.05) is 43.7 Å². The molecule has 2 aromatic heterocycles. The second kappa shape index (κ2) is 7.43. The van der Waals surface area contributed by atoms with E-state index in [4.69, 9.17) is 9.97 Å². The average Bonchev–Trinajstić information content (AvgIpc) is 3.20. The van der Waals surface area contributed by atoms with Crippen LogP contribution in [0.3, 0.4) is 0 Å². The van der Waals surface area contributed by atoms with Gasteiger partial charge >= 0.3 is 0 Å². The van der Waals surface area contributed by atoms with Crippen LogP contribution >= 0.6 is 0 Å². The molecule has 2 aliphatic heterocycles. The van der Waals surface area contributed by atoms with Gasteiger partial charge in [-0.3, -0.25) is 4.79 Å². The van der Waals surface area contributed by atoms with Gasteiger partial charge in [0.25, 0.3) is 5.91 Å². The Morgan fingerprint density at radius 3 is 2.55 bits per heavy atom. The zero-order valence-electron chi connectivity index (χ0n) is 16.8. The van der Waals surface area contributed by atoms with Crippen LogP contribution < -0.4 is 4.90 Å². The lowest BCUT2D eigenvalue weighted by molar-refractivity contribution is 0.0757. The van der Waals surface area contributed by atoms with Crippen LogP contribution in [-0.4, -0.2) is 51.9 Å². The SMILES string of the molecule is Cc1nc(N2CCCC2)nc2c1CCN(C(=O)c1ccc3ccccc3n1)CC2. The molecule has 1 aromatic carbocycles. The number of rotatable bonds is 2. The Hall–Kier alpha value is -3.02. The Kier molecular flexibility index (Phi) is 4.62. The fourth-order valence-electron chi connectivity index (χ4n) is 4.38. The van der Waals surface area contributed by atoms with Gasteiger partial charge in [-0.1, -0.05) is 24.3 Å². The molecule has 1 amide bonds. The van der Waals surface area contributed by atoms with Crippen LogP contribution in [0.2, 0.25) is 0 Å². The molecule has 29 heavy (non-hydrogen) atoms. The molecule has 1 fully saturated rings. The monoisotopic (exact) mass is 387 g/mol. The molecule has 1 saturated heterocycles. The number of amides is 1. The van der Waals surface area contributed by atoms with Gasteiger partial charge in [-0.25, -0.2) is 15.0 Å². The van der Waals surface area contributed by atoms with E-state index in [1.54, 1.807) is 0 Å². The maximum Gasteiger partial charge on any atom is 0.272 e. The number of carbonyl (C=O) groups is 1. The van der Waals surface area contributed by atoms with Crippen molar-refractivity contribution < 1.29 is 4.79 Å². The minimum atomic E-state index is -0.00561. The predicted molar refractivity (Wildman–Crippen MR) is 113 cm³/mol. The lowest BCUT2D eigenvalue weighted by Gasteiger charge is -2.19. The normalized spacial score (nSPS) is 16.7. The Bertz CT molecular complexity index is 1070. The molecule has 0 saturated carbocycles. The second-order valence-corrected chi connectivity index (χ2v) is 7.91. The summed E-state index contributed by atoms with van der Waals surface area (Å²) in [6.07, 6.45) is 3.97. The molecular formula is C23H25N5O. The number of para-hydroxylation sites is 1. The highest BCUT2D eigenvalue weighted by Crippen LogP contribution is 2.23. The lowest BCUT2D eigenvalue weighted by Crippen LogP contribution is -2.33. The fourth-order valence-corrected chi connectivity index (χ4v) is 4.38. The van der Waals surface area contributed by atoms with Crippen LogP contribution in [0.1, 0.15) is 40.3 Å². The third kappa shape index (κ3) is 3.43. The fraction of sp³-hybridized carbons (Fsp3) is 0.391. The van der Waals surface area contributed by atoms with Crippen LogP contribution in [-0.2, 0) is 12.8 Å². The maximum absolute atomic E-state index is 13.1. The number of aromatic nitrogens is 3. The van der Waals surface area contributed by atoms with Gasteiger partial charge < -0.3 is 9.80 Å². The van der Waals surface area contributed by atoms with Crippen molar-refractivity contribution in [2.75, 3.05) is 31.1 Å². The van der Waals surface area contributed by atoms with Crippen molar-refractivity contribution in [2.24, 2.45) is 0 Å². The van der Waals surface area contributed by atoms with Crippen LogP contribution in [0.5, 0.6) is 0 Å². The minimum absolute atomic E-state index is 0.00561. The van der Waals surface area contributed by atoms with Crippen LogP contribution in [0, 0.1) is 6.92 Å². The Morgan fingerprint density at radius 2 is 1.69 bits per heavy atom. The standard InChI is InChI=1S/C23H25N5O/c1-16-18-10-14-27(15-11-20(18)26-23(24-16)28-12-4-5-13-28)22(29)21-9-8-17-6-2-3-7-19(17)25-21/h2-3,6-9H,4-5,10-15H2,1H3. The van der Waals surface area contributed by atoms with Crippen molar-refractivity contribution >= 4 is 22.8 Å². The smallest absolute Gasteiger partial charge is 0.272 e. The van der Waals surface area contributed by atoms with Gasteiger partial charge in [0.15, 0.2) is 0 Å². The number of hydrogen-bond acceptors (Lipinski definition) is 5. The highest BCUT2D eigenvalue weighted by Gasteiger charge is 2.25. The molecule has 2 aliphatic rings. The average molecular weight is 387 g/mol. The molecule has 0 aliphatic carbocycles. The summed E-state index contributed by atoms with van der Waals surface area (Å²) in [5, 5.41) is 1.05. The summed E-state index contributed by atoms with van der Waals surface area (Å²) in [5.74, 6) is 0.851. The van der Waals surface area contributed by atoms with Crippen LogP contribution in [0.25, 0.3) is 10.9 Å². The molecular weight excluding hydrogens is 362 g/mol. The molecule has 0 spiro atoms.